The van der Waals surface area contributed by atoms with Crippen LogP contribution in [0, 0.1) is 11.7 Å². The van der Waals surface area contributed by atoms with Gasteiger partial charge < -0.3 is 15.1 Å². The van der Waals surface area contributed by atoms with Crippen molar-refractivity contribution in [1.82, 2.24) is 0 Å². The van der Waals surface area contributed by atoms with Crippen LogP contribution in [0.3, 0.4) is 0 Å². The van der Waals surface area contributed by atoms with Gasteiger partial charge in [0, 0.05) is 24.8 Å². The molecule has 1 saturated carbocycles. The van der Waals surface area contributed by atoms with Crippen LogP contribution in [0.25, 0.3) is 0 Å². The number of aliphatic hydroxyl groups is 2. The first-order chi connectivity index (χ1) is 8.49. The van der Waals surface area contributed by atoms with E-state index in [-0.39, 0.29) is 11.9 Å². The van der Waals surface area contributed by atoms with Gasteiger partial charge in [-0.1, -0.05) is 6.07 Å². The van der Waals surface area contributed by atoms with E-state index in [0.29, 0.717) is 11.5 Å². The molecule has 3 nitrogen and oxygen atoms in total. The summed E-state index contributed by atoms with van der Waals surface area (Å²) in [6.07, 6.45) is 0.621. The minimum Gasteiger partial charge on any atom is -0.393 e. The predicted octanol–water partition coefficient (Wildman–Crippen LogP) is 2.09. The average Bonchev–Trinajstić information content (AvgIpc) is 2.26. The molecule has 18 heavy (non-hydrogen) atoms. The van der Waals surface area contributed by atoms with Crippen LogP contribution in [0.1, 0.15) is 31.4 Å². The SMILES string of the molecule is C[C@H](O)c1c(F)cccc1N(C)CC1CC(O)C1. The quantitative estimate of drug-likeness (QED) is 0.863. The molecule has 4 heteroatoms. The fraction of sp³-hybridized carbons (Fsp3) is 0.571. The van der Waals surface area contributed by atoms with Gasteiger partial charge in [0.05, 0.1) is 12.2 Å². The second-order valence-electron chi connectivity index (χ2n) is 5.22. The lowest BCUT2D eigenvalue weighted by atomic mass is 9.82. The fourth-order valence-electron chi connectivity index (χ4n) is 2.61. The van der Waals surface area contributed by atoms with Crippen LogP contribution in [0.15, 0.2) is 18.2 Å². The Morgan fingerprint density at radius 3 is 2.67 bits per heavy atom. The Bertz CT molecular complexity index is 416. The van der Waals surface area contributed by atoms with Gasteiger partial charge >= 0.3 is 0 Å². The number of halogens is 1. The lowest BCUT2D eigenvalue weighted by molar-refractivity contribution is 0.0464. The number of benzene rings is 1. The first kappa shape index (κ1) is 13.3. The topological polar surface area (TPSA) is 43.7 Å². The highest BCUT2D eigenvalue weighted by Crippen LogP contribution is 2.32. The largest absolute Gasteiger partial charge is 0.393 e. The molecule has 1 aromatic rings. The van der Waals surface area contributed by atoms with Crippen LogP contribution in [-0.2, 0) is 0 Å². The van der Waals surface area contributed by atoms with E-state index in [1.54, 1.807) is 13.0 Å². The third kappa shape index (κ3) is 2.65. The fourth-order valence-corrected chi connectivity index (χ4v) is 2.61. The predicted molar refractivity (Wildman–Crippen MR) is 69.0 cm³/mol. The van der Waals surface area contributed by atoms with E-state index in [1.165, 1.54) is 6.07 Å². The van der Waals surface area contributed by atoms with Crippen LogP contribution in [-0.4, -0.2) is 29.9 Å². The molecule has 0 aliphatic heterocycles. The molecule has 1 atom stereocenters. The number of aliphatic hydroxyl groups excluding tert-OH is 2. The van der Waals surface area contributed by atoms with Crippen molar-refractivity contribution in [2.24, 2.45) is 5.92 Å². The summed E-state index contributed by atoms with van der Waals surface area (Å²) in [5, 5.41) is 18.9. The van der Waals surface area contributed by atoms with Gasteiger partial charge in [0.2, 0.25) is 0 Å². The smallest absolute Gasteiger partial charge is 0.131 e. The number of hydrogen-bond donors (Lipinski definition) is 2. The van der Waals surface area contributed by atoms with E-state index in [0.717, 1.165) is 25.1 Å². The third-order valence-electron chi connectivity index (χ3n) is 3.60. The number of anilines is 1. The molecule has 100 valence electrons. The lowest BCUT2D eigenvalue weighted by Gasteiger charge is -2.36. The first-order valence-electron chi connectivity index (χ1n) is 6.34. The molecule has 1 aliphatic rings. The van der Waals surface area contributed by atoms with Gasteiger partial charge in [0.25, 0.3) is 0 Å². The van der Waals surface area contributed by atoms with E-state index >= 15 is 0 Å². The lowest BCUT2D eigenvalue weighted by Crippen LogP contribution is -2.37. The van der Waals surface area contributed by atoms with Crippen LogP contribution < -0.4 is 4.90 Å². The summed E-state index contributed by atoms with van der Waals surface area (Å²) in [7, 11) is 1.89. The maximum Gasteiger partial charge on any atom is 0.131 e. The molecule has 1 aliphatic carbocycles. The molecule has 1 aromatic carbocycles. The van der Waals surface area contributed by atoms with Crippen molar-refractivity contribution in [3.8, 4) is 0 Å². The van der Waals surface area contributed by atoms with Crippen molar-refractivity contribution in [3.63, 3.8) is 0 Å². The number of nitrogens with zero attached hydrogens (tertiary/aromatic N) is 1. The second-order valence-corrected chi connectivity index (χ2v) is 5.22. The van der Waals surface area contributed by atoms with Crippen molar-refractivity contribution in [1.29, 1.82) is 0 Å². The molecule has 0 unspecified atom stereocenters. The molecule has 0 radical (unpaired) electrons. The highest BCUT2D eigenvalue weighted by Gasteiger charge is 2.28. The van der Waals surface area contributed by atoms with Crippen molar-refractivity contribution in [3.05, 3.63) is 29.6 Å². The van der Waals surface area contributed by atoms with Gasteiger partial charge in [0.1, 0.15) is 5.82 Å². The molecule has 0 heterocycles. The van der Waals surface area contributed by atoms with E-state index in [2.05, 4.69) is 0 Å². The Morgan fingerprint density at radius 1 is 1.44 bits per heavy atom. The van der Waals surface area contributed by atoms with E-state index in [4.69, 9.17) is 0 Å². The number of rotatable bonds is 4. The monoisotopic (exact) mass is 253 g/mol. The Morgan fingerprint density at radius 2 is 2.11 bits per heavy atom. The minimum absolute atomic E-state index is 0.174. The summed E-state index contributed by atoms with van der Waals surface area (Å²) < 4.78 is 13.7. The second kappa shape index (κ2) is 5.24. The Balaban J connectivity index is 2.14. The Labute approximate surface area is 107 Å². The molecule has 1 fully saturated rings. The van der Waals surface area contributed by atoms with Gasteiger partial charge in [-0.25, -0.2) is 4.39 Å². The van der Waals surface area contributed by atoms with Crippen LogP contribution in [0.4, 0.5) is 10.1 Å². The maximum absolute atomic E-state index is 13.7. The van der Waals surface area contributed by atoms with Crippen LogP contribution >= 0.6 is 0 Å². The zero-order chi connectivity index (χ0) is 13.3. The van der Waals surface area contributed by atoms with Crippen molar-refractivity contribution in [2.75, 3.05) is 18.5 Å². The number of hydrogen-bond acceptors (Lipinski definition) is 3. The van der Waals surface area contributed by atoms with E-state index in [9.17, 15) is 14.6 Å². The minimum atomic E-state index is -0.823. The van der Waals surface area contributed by atoms with E-state index < -0.39 is 6.10 Å². The first-order valence-corrected chi connectivity index (χ1v) is 6.34. The van der Waals surface area contributed by atoms with Gasteiger partial charge in [-0.15, -0.1) is 0 Å². The third-order valence-corrected chi connectivity index (χ3v) is 3.60. The highest BCUT2D eigenvalue weighted by molar-refractivity contribution is 5.54. The molecule has 2 rings (SSSR count). The summed E-state index contributed by atoms with van der Waals surface area (Å²) in [6, 6.07) is 4.84. The van der Waals surface area contributed by atoms with Gasteiger partial charge in [-0.3, -0.25) is 0 Å². The normalized spacial score (nSPS) is 24.5. The summed E-state index contributed by atoms with van der Waals surface area (Å²) in [5.74, 6) is 0.0816. The molecular weight excluding hydrogens is 233 g/mol. The van der Waals surface area contributed by atoms with Crippen LogP contribution in [0.2, 0.25) is 0 Å². The van der Waals surface area contributed by atoms with Gasteiger partial charge in [0.15, 0.2) is 0 Å². The standard InChI is InChI=1S/C14H20FNO2/c1-9(17)14-12(15)4-3-5-13(14)16(2)8-10-6-11(18)7-10/h3-5,9-11,17-18H,6-8H2,1-2H3/t9-,10?,11?/m0/s1. The molecule has 0 spiro atoms. The zero-order valence-electron chi connectivity index (χ0n) is 10.8. The van der Waals surface area contributed by atoms with Gasteiger partial charge in [-0.05, 0) is 37.8 Å². The maximum atomic E-state index is 13.7. The zero-order valence-corrected chi connectivity index (χ0v) is 10.8. The molecule has 0 aromatic heterocycles. The molecule has 0 amide bonds. The van der Waals surface area contributed by atoms with Crippen molar-refractivity contribution < 1.29 is 14.6 Å². The average molecular weight is 253 g/mol. The molecule has 0 bridgehead atoms. The van der Waals surface area contributed by atoms with Crippen molar-refractivity contribution >= 4 is 5.69 Å². The highest BCUT2D eigenvalue weighted by atomic mass is 19.1. The van der Waals surface area contributed by atoms with E-state index in [1.807, 2.05) is 18.0 Å². The molecular formula is C14H20FNO2. The summed E-state index contributed by atoms with van der Waals surface area (Å²) in [5.41, 5.74) is 1.08. The Hall–Kier alpha value is -1.13. The molecule has 2 N–H and O–H groups in total. The van der Waals surface area contributed by atoms with Crippen molar-refractivity contribution in [2.45, 2.75) is 32.0 Å². The Kier molecular flexibility index (Phi) is 3.88. The molecule has 0 saturated heterocycles. The summed E-state index contributed by atoms with van der Waals surface area (Å²) in [6.45, 7) is 2.35. The summed E-state index contributed by atoms with van der Waals surface area (Å²) >= 11 is 0. The van der Waals surface area contributed by atoms with Gasteiger partial charge in [-0.2, -0.15) is 0 Å². The summed E-state index contributed by atoms with van der Waals surface area (Å²) in [4.78, 5) is 1.96. The van der Waals surface area contributed by atoms with Crippen LogP contribution in [0.5, 0.6) is 0 Å².